The molecule has 10 rings (SSSR count). The molecule has 4 saturated heterocycles. The third-order valence-corrected chi connectivity index (χ3v) is 24.7. The maximum atomic E-state index is 14.5. The first-order chi connectivity index (χ1) is 64.5. The number of ether oxygens (including phenoxy) is 2. The van der Waals surface area contributed by atoms with Gasteiger partial charge in [-0.15, -0.1) is 43.0 Å². The van der Waals surface area contributed by atoms with Crippen LogP contribution in [0.1, 0.15) is 254 Å². The van der Waals surface area contributed by atoms with Gasteiger partial charge in [0.1, 0.15) is 72.1 Å². The van der Waals surface area contributed by atoms with Crippen molar-refractivity contribution in [2.75, 3.05) is 26.2 Å². The molecule has 0 saturated carbocycles. The predicted molar refractivity (Wildman–Crippen MR) is 527 cm³/mol. The molecule has 7 N–H and O–H groups in total. The number of nitrogens with one attached hydrogen (secondary N) is 4. The molecule has 8 atom stereocenters. The Morgan fingerprint density at radius 1 is 0.550 bits per heavy atom. The molecule has 0 bridgehead atoms. The lowest BCUT2D eigenvalue weighted by molar-refractivity contribution is -0.139. The molecule has 64 heteroatoms. The summed E-state index contributed by atoms with van der Waals surface area (Å²) in [6, 6.07) is 2.16. The van der Waals surface area contributed by atoms with Gasteiger partial charge >= 0.3 is 42.9 Å². The van der Waals surface area contributed by atoms with Crippen molar-refractivity contribution in [2.45, 2.75) is 302 Å². The van der Waals surface area contributed by atoms with E-state index in [4.69, 9.17) is 33.7 Å². The number of aryl methyl sites for hydroxylation is 4. The SMILES string of the molecule is CC(=O)c1nn(CC(=O)N2C[C@H](F)C[C@H]2c2nnc(CCCC(F)(F)F)o2)c2ccc(-c3cnc(C)nc3)cc12.CC(C)(C)OC(=O)N1C[C@H](F)C[C@H]1C(=O)NNC(=O)CCCC(F)(F)F.CC(C)(C)OC(=O)N1C[C@H](F)C[C@H]1c1nnc(CCCC(F)(F)F)o1.CCCCC(=O)NN.CCCCC(=O)O.Cl.F[C@H]1CN[C@H](c2nnc(CCCC(F)(F)F)o2)C1.S.S=S.S=S=S.S=S=S=S.S=S=S=S=S. The average molecular weight is 2320 g/mol. The molecule has 794 valence electrons. The fourth-order valence-electron chi connectivity index (χ4n) is 12.1. The summed E-state index contributed by atoms with van der Waals surface area (Å²) in [7, 11) is 7.21. The van der Waals surface area contributed by atoms with Gasteiger partial charge in [0.15, 0.2) is 5.78 Å². The van der Waals surface area contributed by atoms with Gasteiger partial charge in [-0.2, -0.15) is 71.3 Å². The Morgan fingerprint density at radius 3 is 1.36 bits per heavy atom. The molecule has 9 heterocycles. The normalized spacial score (nSPS) is 17.3. The van der Waals surface area contributed by atoms with Crippen LogP contribution in [0.15, 0.2) is 43.8 Å². The van der Waals surface area contributed by atoms with Crippen LogP contribution in [0.25, 0.3) is 22.0 Å². The largest absolute Gasteiger partial charge is 0.481 e. The Morgan fingerprint density at radius 2 is 0.964 bits per heavy atom. The first-order valence-corrected chi connectivity index (χ1v) is 54.7. The number of aromatic nitrogens is 10. The molecule has 6 aromatic rings. The van der Waals surface area contributed by atoms with Crippen LogP contribution in [0.5, 0.6) is 0 Å². The van der Waals surface area contributed by atoms with Gasteiger partial charge in [-0.1, -0.05) is 32.8 Å². The number of carboxylic acids is 1. The van der Waals surface area contributed by atoms with Crippen molar-refractivity contribution < 1.29 is 136 Å². The Labute approximate surface area is 865 Å². The zero-order valence-corrected chi connectivity index (χ0v) is 89.7. The van der Waals surface area contributed by atoms with Crippen LogP contribution in [0.2, 0.25) is 0 Å². The number of hydrogen-bond donors (Lipinski definition) is 6. The molecule has 32 nitrogen and oxygen atoms in total. The van der Waals surface area contributed by atoms with E-state index in [0.29, 0.717) is 29.6 Å². The second kappa shape index (κ2) is 69.4. The molecule has 1 aromatic carbocycles. The number of fused-ring (bicyclic) bond motifs is 1. The molecule has 140 heavy (non-hydrogen) atoms. The molecule has 6 amide bonds. The summed E-state index contributed by atoms with van der Waals surface area (Å²) in [4.78, 5) is 105. The van der Waals surface area contributed by atoms with E-state index in [-0.39, 0.29) is 182 Å². The number of carbonyl (C=O) groups is 8. The molecule has 4 aliphatic heterocycles. The summed E-state index contributed by atoms with van der Waals surface area (Å²) in [5.74, 6) is 2.63. The Balaban J connectivity index is 0. The first-order valence-electron chi connectivity index (χ1n) is 41.3. The number of likely N-dealkylation sites (tertiary alicyclic amines) is 3. The molecule has 0 radical (unpaired) electrons. The summed E-state index contributed by atoms with van der Waals surface area (Å²) in [6.07, 6.45) is -21.2. The van der Waals surface area contributed by atoms with Crippen molar-refractivity contribution in [3.63, 3.8) is 0 Å². The first kappa shape index (κ1) is 135. The maximum absolute atomic E-state index is 14.5. The number of nitrogens with two attached hydrogens (primary N) is 1. The standard InChI is InChI=1S/C26H25F4N7O3.C15H23F4N3O4.C15H21F4N3O3.C10H13F4N3O.C5H12N2O.C5H10O2.ClH.S5.S4.S3.S2.H2S/c1-14(38)24-19-8-16(17-10-31-15(2)32-11-17)5-6-20(19)37(35-24)13-23(39)36-12-18(27)9-21(36)25-34-33-22(40-25)4-3-7-26(28,29)30;1-14(2,3)26-13(25)22-8-9(16)7-10(22)12(24)21-20-11(23)5-4-6-15(17,18)19;1-14(2,3)25-13(23)22-8-9(16)7-10(22)12-21-20-11(24-12)5-4-6-15(17,18)19;11-6-4-7(15-5-6)9-17-16-8(18-9)2-1-3-10(12,13)14;1-2-3-4-5(8)7-6;1-2-3-4-5(6)7;;1-3-5-4-2;1-3-4-2;1-3-2;1-2;/h5-6,8,10-11,18,21H,3-4,7,9,12-13H2,1-2H3;9-10H,4-8H2,1-3H3,(H,20,23)(H,21,24);9-10H,4-8H2,1-3H3;6-7,15H,1-5H2;2-4,6H2,1H3,(H,7,8);2-4H2,1H3,(H,6,7);1H;;;;;1H2/t18-,21+;2*9-,10+;6-,7+;;;;;;;;/m1111......../s1. The number of hydrogen-bond acceptors (Lipinski definition) is 32. The number of halogens is 17. The number of Topliss-reactive ketones (excluding diaryl/α,β-unsaturated/α-hetero) is 1. The number of amides is 6. The summed E-state index contributed by atoms with van der Waals surface area (Å²) < 4.78 is 228. The van der Waals surface area contributed by atoms with Crippen molar-refractivity contribution in [1.29, 1.82) is 0 Å². The summed E-state index contributed by atoms with van der Waals surface area (Å²) in [5.41, 5.74) is 6.68. The number of rotatable bonds is 26. The van der Waals surface area contributed by atoms with Gasteiger partial charge in [0.05, 0.1) is 31.2 Å². The van der Waals surface area contributed by atoms with Gasteiger partial charge in [-0.05, 0) is 105 Å². The molecule has 4 aliphatic rings. The molecule has 0 aliphatic carbocycles. The molecule has 0 spiro atoms. The second-order valence-corrected chi connectivity index (χ2v) is 42.2. The van der Waals surface area contributed by atoms with Crippen molar-refractivity contribution in [1.82, 2.24) is 86.6 Å². The number of carbonyl (C=O) groups excluding carboxylic acids is 7. The number of carboxylic acid groups (broad SMARTS) is 1. The van der Waals surface area contributed by atoms with E-state index in [9.17, 15) is 109 Å². The Kier molecular flexibility index (Phi) is 67.0. The highest BCUT2D eigenvalue weighted by atomic mass is 35.5. The molecule has 5 aromatic heterocycles. The predicted octanol–water partition coefficient (Wildman–Crippen LogP) is 15.0. The van der Waals surface area contributed by atoms with Gasteiger partial charge in [-0.25, -0.2) is 43.0 Å². The quantitative estimate of drug-likeness (QED) is 0.00965. The van der Waals surface area contributed by atoms with E-state index < -0.39 is 153 Å². The third kappa shape index (κ3) is 57.8. The van der Waals surface area contributed by atoms with Crippen molar-refractivity contribution in [3.05, 3.63) is 77.5 Å². The summed E-state index contributed by atoms with van der Waals surface area (Å²) >= 11 is 33.1. The lowest BCUT2D eigenvalue weighted by Crippen LogP contribution is -2.52. The Hall–Kier alpha value is -6.73. The van der Waals surface area contributed by atoms with E-state index in [1.165, 1.54) is 65.8 Å². The fourth-order valence-corrected chi connectivity index (χ4v) is 14.8. The zero-order valence-electron chi connectivity index (χ0n) is 76.4. The van der Waals surface area contributed by atoms with Crippen LogP contribution in [0.4, 0.5) is 79.8 Å². The number of nitrogens with zero attached hydrogens (tertiary/aromatic N) is 13. The number of hydrazine groups is 2. The van der Waals surface area contributed by atoms with Crippen LogP contribution in [0.3, 0.4) is 0 Å². The van der Waals surface area contributed by atoms with Gasteiger partial charge < -0.3 is 38.0 Å². The molecular weight excluding hydrogens is 2210 g/mol. The number of aliphatic carboxylic acids is 1. The van der Waals surface area contributed by atoms with Crippen LogP contribution in [-0.4, -0.2) is 211 Å². The van der Waals surface area contributed by atoms with E-state index in [0.717, 1.165) is 50.6 Å². The number of unbranched alkanes of at least 4 members (excludes halogenated alkanes) is 2. The number of benzene rings is 1. The van der Waals surface area contributed by atoms with Gasteiger partial charge in [0.2, 0.25) is 53.1 Å². The molecule has 0 unspecified atom stereocenters. The molecular formula is C76H107ClF16N18O14S15. The van der Waals surface area contributed by atoms with Gasteiger partial charge in [0, 0.05) is 269 Å². The zero-order chi connectivity index (χ0) is 105. The van der Waals surface area contributed by atoms with Crippen LogP contribution in [0, 0.1) is 6.92 Å². The average Bonchev–Trinajstić information content (AvgIpc) is 1.61. The minimum atomic E-state index is -4.36. The lowest BCUT2D eigenvalue weighted by Gasteiger charge is -2.27. The van der Waals surface area contributed by atoms with Crippen molar-refractivity contribution in [2.24, 2.45) is 5.84 Å². The van der Waals surface area contributed by atoms with Crippen molar-refractivity contribution >= 4 is 227 Å². The van der Waals surface area contributed by atoms with E-state index in [1.807, 2.05) is 24.7 Å². The number of ketones is 1. The molecule has 4 fully saturated rings. The highest BCUT2D eigenvalue weighted by Crippen LogP contribution is 2.38. The van der Waals surface area contributed by atoms with Gasteiger partial charge in [-0.3, -0.25) is 59.5 Å². The van der Waals surface area contributed by atoms with Crippen LogP contribution >= 0.6 is 25.9 Å². The smallest absolute Gasteiger partial charge is 0.411 e. The van der Waals surface area contributed by atoms with Gasteiger partial charge in [0.25, 0.3) is 5.91 Å². The Bertz CT molecular complexity index is 5040. The summed E-state index contributed by atoms with van der Waals surface area (Å²) in [5, 5.41) is 38.3. The topological polar surface area (TPSA) is 419 Å². The van der Waals surface area contributed by atoms with Crippen molar-refractivity contribution in [3.8, 4) is 11.1 Å². The highest BCUT2D eigenvalue weighted by Gasteiger charge is 2.45. The number of alkyl halides is 16. The second-order valence-electron chi connectivity index (χ2n) is 31.6. The fraction of sp³-hybridized carbons (Fsp3) is 0.671. The monoisotopic (exact) mass is 2310 g/mol. The van der Waals surface area contributed by atoms with Crippen LogP contribution < -0.4 is 27.4 Å². The van der Waals surface area contributed by atoms with E-state index >= 15 is 0 Å². The third-order valence-electron chi connectivity index (χ3n) is 18.0. The highest BCUT2D eigenvalue weighted by molar-refractivity contribution is 8.59. The van der Waals surface area contributed by atoms with E-state index in [2.05, 4.69) is 146 Å². The minimum absolute atomic E-state index is 0. The van der Waals surface area contributed by atoms with Crippen LogP contribution in [-0.2, 0) is 202 Å². The minimum Gasteiger partial charge on any atom is -0.481 e. The maximum Gasteiger partial charge on any atom is 0.411 e. The van der Waals surface area contributed by atoms with E-state index in [1.54, 1.807) is 79.1 Å². The lowest BCUT2D eigenvalue weighted by atomic mass is 10.0. The summed E-state index contributed by atoms with van der Waals surface area (Å²) in [6.45, 7) is 16.3.